The van der Waals surface area contributed by atoms with Crippen molar-refractivity contribution < 1.29 is 14.4 Å². The fraction of sp³-hybridized carbons (Fsp3) is 0.889. The SMILES string of the molecule is CC[C@@H]1CCO[C@H]1C(=O)N(C)OC. The first kappa shape index (κ1) is 10.5. The van der Waals surface area contributed by atoms with Crippen molar-refractivity contribution in [1.29, 1.82) is 0 Å². The van der Waals surface area contributed by atoms with Gasteiger partial charge in [-0.1, -0.05) is 13.3 Å². The highest BCUT2D eigenvalue weighted by Crippen LogP contribution is 2.24. The maximum absolute atomic E-state index is 11.6. The molecule has 1 heterocycles. The van der Waals surface area contributed by atoms with Crippen molar-refractivity contribution in [2.45, 2.75) is 25.9 Å². The minimum absolute atomic E-state index is 0.0770. The van der Waals surface area contributed by atoms with Crippen LogP contribution in [0.3, 0.4) is 0 Å². The largest absolute Gasteiger partial charge is 0.368 e. The Morgan fingerprint density at radius 3 is 2.92 bits per heavy atom. The summed E-state index contributed by atoms with van der Waals surface area (Å²) in [6, 6.07) is 0. The van der Waals surface area contributed by atoms with Gasteiger partial charge in [-0.25, -0.2) is 5.06 Å². The molecule has 0 N–H and O–H groups in total. The van der Waals surface area contributed by atoms with Crippen LogP contribution in [0.2, 0.25) is 0 Å². The summed E-state index contributed by atoms with van der Waals surface area (Å²) in [7, 11) is 3.09. The van der Waals surface area contributed by atoms with Crippen LogP contribution in [-0.4, -0.2) is 37.8 Å². The van der Waals surface area contributed by atoms with E-state index in [-0.39, 0.29) is 12.0 Å². The van der Waals surface area contributed by atoms with E-state index in [2.05, 4.69) is 6.92 Å². The van der Waals surface area contributed by atoms with Crippen molar-refractivity contribution in [3.8, 4) is 0 Å². The summed E-state index contributed by atoms with van der Waals surface area (Å²) >= 11 is 0. The van der Waals surface area contributed by atoms with Gasteiger partial charge in [-0.15, -0.1) is 0 Å². The molecular formula is C9H17NO3. The molecule has 1 fully saturated rings. The van der Waals surface area contributed by atoms with E-state index in [1.807, 2.05) is 0 Å². The lowest BCUT2D eigenvalue weighted by Crippen LogP contribution is -2.38. The third-order valence-electron chi connectivity index (χ3n) is 2.57. The highest BCUT2D eigenvalue weighted by Gasteiger charge is 2.34. The lowest BCUT2D eigenvalue weighted by molar-refractivity contribution is -0.180. The predicted octanol–water partition coefficient (Wildman–Crippen LogP) is 0.821. The normalized spacial score (nSPS) is 27.6. The van der Waals surface area contributed by atoms with Crippen molar-refractivity contribution in [2.75, 3.05) is 20.8 Å². The lowest BCUT2D eigenvalue weighted by Gasteiger charge is -2.21. The number of amides is 1. The topological polar surface area (TPSA) is 38.8 Å². The molecule has 0 saturated carbocycles. The minimum Gasteiger partial charge on any atom is -0.368 e. The number of ether oxygens (including phenoxy) is 1. The van der Waals surface area contributed by atoms with Crippen LogP contribution >= 0.6 is 0 Å². The molecule has 1 saturated heterocycles. The standard InChI is InChI=1S/C9H17NO3/c1-4-7-5-6-13-8(7)9(11)10(2)12-3/h7-8H,4-6H2,1-3H3/t7-,8-/m1/s1. The summed E-state index contributed by atoms with van der Waals surface area (Å²) in [5.41, 5.74) is 0. The lowest BCUT2D eigenvalue weighted by atomic mass is 9.98. The second kappa shape index (κ2) is 4.58. The molecule has 2 atom stereocenters. The average Bonchev–Trinajstić information content (AvgIpc) is 2.62. The van der Waals surface area contributed by atoms with Crippen LogP contribution < -0.4 is 0 Å². The van der Waals surface area contributed by atoms with Gasteiger partial charge in [-0.05, 0) is 12.3 Å². The number of hydrogen-bond acceptors (Lipinski definition) is 3. The molecule has 76 valence electrons. The Bertz CT molecular complexity index is 184. The molecule has 4 nitrogen and oxygen atoms in total. The number of hydroxylamine groups is 2. The van der Waals surface area contributed by atoms with Gasteiger partial charge in [0.25, 0.3) is 5.91 Å². The molecule has 0 aromatic carbocycles. The average molecular weight is 187 g/mol. The van der Waals surface area contributed by atoms with E-state index in [0.717, 1.165) is 12.8 Å². The summed E-state index contributed by atoms with van der Waals surface area (Å²) in [6.07, 6.45) is 1.66. The van der Waals surface area contributed by atoms with Gasteiger partial charge in [0.15, 0.2) is 0 Å². The van der Waals surface area contributed by atoms with Crippen molar-refractivity contribution in [1.82, 2.24) is 5.06 Å². The number of hydrogen-bond donors (Lipinski definition) is 0. The molecule has 4 heteroatoms. The van der Waals surface area contributed by atoms with E-state index in [9.17, 15) is 4.79 Å². The zero-order valence-corrected chi connectivity index (χ0v) is 8.45. The van der Waals surface area contributed by atoms with Crippen LogP contribution in [0.25, 0.3) is 0 Å². The highest BCUT2D eigenvalue weighted by molar-refractivity contribution is 5.80. The number of likely N-dealkylation sites (N-methyl/N-ethyl adjacent to an activating group) is 1. The second-order valence-electron chi connectivity index (χ2n) is 3.27. The third kappa shape index (κ3) is 2.19. The highest BCUT2D eigenvalue weighted by atomic mass is 16.7. The van der Waals surface area contributed by atoms with Crippen LogP contribution in [0.5, 0.6) is 0 Å². The number of rotatable bonds is 3. The van der Waals surface area contributed by atoms with E-state index in [1.165, 1.54) is 12.2 Å². The molecule has 0 radical (unpaired) electrons. The van der Waals surface area contributed by atoms with E-state index in [4.69, 9.17) is 9.57 Å². The van der Waals surface area contributed by atoms with Gasteiger partial charge in [-0.3, -0.25) is 9.63 Å². The summed E-state index contributed by atoms with van der Waals surface area (Å²) in [6.45, 7) is 2.76. The van der Waals surface area contributed by atoms with Gasteiger partial charge in [0, 0.05) is 13.7 Å². The Morgan fingerprint density at radius 2 is 2.38 bits per heavy atom. The molecule has 0 unspecified atom stereocenters. The summed E-state index contributed by atoms with van der Waals surface area (Å²) in [5, 5.41) is 1.23. The number of carbonyl (C=O) groups is 1. The van der Waals surface area contributed by atoms with E-state index < -0.39 is 0 Å². The van der Waals surface area contributed by atoms with Gasteiger partial charge in [0.2, 0.25) is 0 Å². The van der Waals surface area contributed by atoms with Gasteiger partial charge in [-0.2, -0.15) is 0 Å². The number of nitrogens with zero attached hydrogens (tertiary/aromatic N) is 1. The molecule has 0 bridgehead atoms. The van der Waals surface area contributed by atoms with Crippen LogP contribution in [0.4, 0.5) is 0 Å². The maximum Gasteiger partial charge on any atom is 0.275 e. The van der Waals surface area contributed by atoms with Crippen molar-refractivity contribution in [3.05, 3.63) is 0 Å². The first-order valence-corrected chi connectivity index (χ1v) is 4.64. The quantitative estimate of drug-likeness (QED) is 0.614. The second-order valence-corrected chi connectivity index (χ2v) is 3.27. The van der Waals surface area contributed by atoms with E-state index in [0.29, 0.717) is 12.5 Å². The minimum atomic E-state index is -0.296. The fourth-order valence-corrected chi connectivity index (χ4v) is 1.59. The maximum atomic E-state index is 11.6. The Labute approximate surface area is 78.8 Å². The predicted molar refractivity (Wildman–Crippen MR) is 47.9 cm³/mol. The zero-order chi connectivity index (χ0) is 9.84. The van der Waals surface area contributed by atoms with Crippen LogP contribution in [0.15, 0.2) is 0 Å². The molecule has 0 aliphatic carbocycles. The summed E-state index contributed by atoms with van der Waals surface area (Å²) in [5.74, 6) is 0.275. The Balaban J connectivity index is 2.54. The summed E-state index contributed by atoms with van der Waals surface area (Å²) < 4.78 is 5.37. The molecule has 13 heavy (non-hydrogen) atoms. The monoisotopic (exact) mass is 187 g/mol. The molecule has 1 amide bonds. The summed E-state index contributed by atoms with van der Waals surface area (Å²) in [4.78, 5) is 16.4. The van der Waals surface area contributed by atoms with E-state index >= 15 is 0 Å². The molecule has 1 aliphatic heterocycles. The van der Waals surface area contributed by atoms with Crippen molar-refractivity contribution in [2.24, 2.45) is 5.92 Å². The van der Waals surface area contributed by atoms with Crippen LogP contribution in [0.1, 0.15) is 19.8 Å². The third-order valence-corrected chi connectivity index (χ3v) is 2.57. The van der Waals surface area contributed by atoms with Gasteiger partial charge in [0.05, 0.1) is 7.11 Å². The molecule has 1 aliphatic rings. The first-order valence-electron chi connectivity index (χ1n) is 4.64. The zero-order valence-electron chi connectivity index (χ0n) is 8.45. The van der Waals surface area contributed by atoms with Crippen molar-refractivity contribution in [3.63, 3.8) is 0 Å². The smallest absolute Gasteiger partial charge is 0.275 e. The van der Waals surface area contributed by atoms with Crippen molar-refractivity contribution >= 4 is 5.91 Å². The Morgan fingerprint density at radius 1 is 1.69 bits per heavy atom. The Hall–Kier alpha value is -0.610. The molecule has 1 rings (SSSR count). The molecule has 0 spiro atoms. The molecule has 0 aromatic rings. The van der Waals surface area contributed by atoms with Crippen LogP contribution in [-0.2, 0) is 14.4 Å². The fourth-order valence-electron chi connectivity index (χ4n) is 1.59. The molecular weight excluding hydrogens is 170 g/mol. The van der Waals surface area contributed by atoms with Gasteiger partial charge in [0.1, 0.15) is 6.10 Å². The first-order chi connectivity index (χ1) is 6.20. The van der Waals surface area contributed by atoms with Gasteiger partial charge < -0.3 is 4.74 Å². The number of carbonyl (C=O) groups excluding carboxylic acids is 1. The molecule has 0 aromatic heterocycles. The van der Waals surface area contributed by atoms with Gasteiger partial charge >= 0.3 is 0 Å². The van der Waals surface area contributed by atoms with E-state index in [1.54, 1.807) is 7.05 Å². The van der Waals surface area contributed by atoms with Crippen LogP contribution in [0, 0.1) is 5.92 Å². The Kier molecular flexibility index (Phi) is 3.69.